The van der Waals surface area contributed by atoms with Gasteiger partial charge in [-0.1, -0.05) is 44.2 Å². The summed E-state index contributed by atoms with van der Waals surface area (Å²) >= 11 is 0. The van der Waals surface area contributed by atoms with Crippen LogP contribution in [0.3, 0.4) is 0 Å². The average molecular weight is 248 g/mol. The molecule has 0 saturated heterocycles. The van der Waals surface area contributed by atoms with Crippen LogP contribution < -0.4 is 5.73 Å². The van der Waals surface area contributed by atoms with Gasteiger partial charge in [-0.25, -0.2) is 0 Å². The Kier molecular flexibility index (Phi) is 5.86. The summed E-state index contributed by atoms with van der Waals surface area (Å²) in [4.78, 5) is 13.9. The Morgan fingerprint density at radius 2 is 1.89 bits per heavy atom. The molecule has 0 aromatic heterocycles. The molecule has 1 unspecified atom stereocenters. The first-order chi connectivity index (χ1) is 8.57. The maximum Gasteiger partial charge on any atom is 0.222 e. The van der Waals surface area contributed by atoms with Crippen molar-refractivity contribution in [1.29, 1.82) is 0 Å². The summed E-state index contributed by atoms with van der Waals surface area (Å²) in [7, 11) is 1.89. The predicted octanol–water partition coefficient (Wildman–Crippen LogP) is 2.58. The maximum absolute atomic E-state index is 12.1. The molecule has 0 heterocycles. The van der Waals surface area contributed by atoms with Crippen LogP contribution in [0.4, 0.5) is 0 Å². The standard InChI is InChI=1S/C15H24N2O/c1-12(2)15(13-8-5-4-6-9-13)17(3)14(18)10-7-11-16/h4-6,8-9,12,15H,7,10-11,16H2,1-3H3. The number of rotatable bonds is 6. The minimum Gasteiger partial charge on any atom is -0.338 e. The third-order valence-electron chi connectivity index (χ3n) is 3.18. The molecular formula is C15H24N2O. The van der Waals surface area contributed by atoms with E-state index in [1.165, 1.54) is 5.56 Å². The van der Waals surface area contributed by atoms with E-state index in [4.69, 9.17) is 5.73 Å². The zero-order valence-corrected chi connectivity index (χ0v) is 11.6. The summed E-state index contributed by atoms with van der Waals surface area (Å²) in [5.74, 6) is 0.558. The highest BCUT2D eigenvalue weighted by atomic mass is 16.2. The second-order valence-electron chi connectivity index (χ2n) is 5.00. The third-order valence-corrected chi connectivity index (χ3v) is 3.18. The van der Waals surface area contributed by atoms with E-state index in [0.29, 0.717) is 18.9 Å². The van der Waals surface area contributed by atoms with Crippen LogP contribution in [0.15, 0.2) is 30.3 Å². The highest BCUT2D eigenvalue weighted by molar-refractivity contribution is 5.76. The summed E-state index contributed by atoms with van der Waals surface area (Å²) in [5, 5.41) is 0. The second-order valence-corrected chi connectivity index (χ2v) is 5.00. The van der Waals surface area contributed by atoms with Crippen molar-refractivity contribution < 1.29 is 4.79 Å². The lowest BCUT2D eigenvalue weighted by Gasteiger charge is -2.32. The highest BCUT2D eigenvalue weighted by Gasteiger charge is 2.23. The van der Waals surface area contributed by atoms with E-state index in [1.54, 1.807) is 0 Å². The zero-order chi connectivity index (χ0) is 13.5. The molecule has 0 aliphatic heterocycles. The largest absolute Gasteiger partial charge is 0.338 e. The normalized spacial score (nSPS) is 12.5. The summed E-state index contributed by atoms with van der Waals surface area (Å²) in [5.41, 5.74) is 6.64. The molecule has 2 N–H and O–H groups in total. The van der Waals surface area contributed by atoms with Crippen LogP contribution >= 0.6 is 0 Å². The summed E-state index contributed by atoms with van der Waals surface area (Å²) < 4.78 is 0. The Morgan fingerprint density at radius 1 is 1.28 bits per heavy atom. The number of nitrogens with two attached hydrogens (primary N) is 1. The van der Waals surface area contributed by atoms with Gasteiger partial charge in [0.25, 0.3) is 0 Å². The molecule has 1 amide bonds. The van der Waals surface area contributed by atoms with Gasteiger partial charge in [-0.3, -0.25) is 4.79 Å². The first kappa shape index (κ1) is 14.7. The summed E-state index contributed by atoms with van der Waals surface area (Å²) in [6.45, 7) is 4.85. The fraction of sp³-hybridized carbons (Fsp3) is 0.533. The molecule has 0 spiro atoms. The second kappa shape index (κ2) is 7.17. The van der Waals surface area contributed by atoms with Gasteiger partial charge in [0, 0.05) is 13.5 Å². The fourth-order valence-electron chi connectivity index (χ4n) is 2.29. The Labute approximate surface area is 110 Å². The van der Waals surface area contributed by atoms with E-state index < -0.39 is 0 Å². The molecule has 0 saturated carbocycles. The number of benzene rings is 1. The van der Waals surface area contributed by atoms with Gasteiger partial charge in [-0.2, -0.15) is 0 Å². The predicted molar refractivity (Wildman–Crippen MR) is 75.1 cm³/mol. The summed E-state index contributed by atoms with van der Waals surface area (Å²) in [6.07, 6.45) is 1.28. The number of nitrogens with zero attached hydrogens (tertiary/aromatic N) is 1. The minimum absolute atomic E-state index is 0.136. The molecule has 0 radical (unpaired) electrons. The van der Waals surface area contributed by atoms with Crippen molar-refractivity contribution in [1.82, 2.24) is 4.90 Å². The molecule has 1 aromatic carbocycles. The van der Waals surface area contributed by atoms with Gasteiger partial charge in [0.1, 0.15) is 0 Å². The molecule has 100 valence electrons. The van der Waals surface area contributed by atoms with Crippen LogP contribution in [0.25, 0.3) is 0 Å². The van der Waals surface area contributed by atoms with E-state index in [0.717, 1.165) is 6.42 Å². The van der Waals surface area contributed by atoms with E-state index in [9.17, 15) is 4.79 Å². The van der Waals surface area contributed by atoms with Gasteiger partial charge >= 0.3 is 0 Å². The van der Waals surface area contributed by atoms with Crippen molar-refractivity contribution in [3.05, 3.63) is 35.9 Å². The van der Waals surface area contributed by atoms with Crippen molar-refractivity contribution in [2.24, 2.45) is 11.7 Å². The van der Waals surface area contributed by atoms with E-state index in [2.05, 4.69) is 26.0 Å². The van der Waals surface area contributed by atoms with Crippen LogP contribution in [0.5, 0.6) is 0 Å². The molecule has 0 bridgehead atoms. The number of hydrogen-bond acceptors (Lipinski definition) is 2. The quantitative estimate of drug-likeness (QED) is 0.841. The maximum atomic E-state index is 12.1. The first-order valence-electron chi connectivity index (χ1n) is 6.58. The SMILES string of the molecule is CC(C)C(c1ccccc1)N(C)C(=O)CCCN. The minimum atomic E-state index is 0.136. The van der Waals surface area contributed by atoms with Crippen molar-refractivity contribution in [2.45, 2.75) is 32.7 Å². The van der Waals surface area contributed by atoms with Gasteiger partial charge in [0.15, 0.2) is 0 Å². The van der Waals surface area contributed by atoms with Gasteiger partial charge in [-0.15, -0.1) is 0 Å². The van der Waals surface area contributed by atoms with Crippen molar-refractivity contribution in [3.63, 3.8) is 0 Å². The number of carbonyl (C=O) groups excluding carboxylic acids is 1. The van der Waals surface area contributed by atoms with Crippen LogP contribution in [0, 0.1) is 5.92 Å². The van der Waals surface area contributed by atoms with Gasteiger partial charge in [0.2, 0.25) is 5.91 Å². The van der Waals surface area contributed by atoms with Crippen LogP contribution in [0.1, 0.15) is 38.3 Å². The Hall–Kier alpha value is -1.35. The molecule has 0 fully saturated rings. The van der Waals surface area contributed by atoms with E-state index in [1.807, 2.05) is 30.1 Å². The van der Waals surface area contributed by atoms with Crippen molar-refractivity contribution >= 4 is 5.91 Å². The molecule has 1 aromatic rings. The molecule has 1 rings (SSSR count). The number of amides is 1. The third kappa shape index (κ3) is 3.84. The smallest absolute Gasteiger partial charge is 0.222 e. The molecule has 0 aliphatic rings. The van der Waals surface area contributed by atoms with Crippen LogP contribution in [-0.2, 0) is 4.79 Å². The van der Waals surface area contributed by atoms with E-state index in [-0.39, 0.29) is 11.9 Å². The van der Waals surface area contributed by atoms with Crippen LogP contribution in [-0.4, -0.2) is 24.4 Å². The first-order valence-corrected chi connectivity index (χ1v) is 6.58. The number of carbonyl (C=O) groups is 1. The number of hydrogen-bond donors (Lipinski definition) is 1. The monoisotopic (exact) mass is 248 g/mol. The fourth-order valence-corrected chi connectivity index (χ4v) is 2.29. The highest BCUT2D eigenvalue weighted by Crippen LogP contribution is 2.27. The molecule has 3 heteroatoms. The van der Waals surface area contributed by atoms with Gasteiger partial charge < -0.3 is 10.6 Å². The lowest BCUT2D eigenvalue weighted by atomic mass is 9.94. The van der Waals surface area contributed by atoms with E-state index >= 15 is 0 Å². The summed E-state index contributed by atoms with van der Waals surface area (Å²) in [6, 6.07) is 10.3. The molecule has 0 aliphatic carbocycles. The topological polar surface area (TPSA) is 46.3 Å². The van der Waals surface area contributed by atoms with Gasteiger partial charge in [0.05, 0.1) is 6.04 Å². The lowest BCUT2D eigenvalue weighted by molar-refractivity contribution is -0.133. The van der Waals surface area contributed by atoms with Crippen molar-refractivity contribution in [3.8, 4) is 0 Å². The molecular weight excluding hydrogens is 224 g/mol. The molecule has 3 nitrogen and oxygen atoms in total. The Bertz CT molecular complexity index is 362. The Balaban J connectivity index is 2.82. The Morgan fingerprint density at radius 3 is 2.39 bits per heavy atom. The molecule has 1 atom stereocenters. The van der Waals surface area contributed by atoms with Gasteiger partial charge in [-0.05, 0) is 24.4 Å². The lowest BCUT2D eigenvalue weighted by Crippen LogP contribution is -2.34. The van der Waals surface area contributed by atoms with Crippen LogP contribution in [0.2, 0.25) is 0 Å². The average Bonchev–Trinajstić information content (AvgIpc) is 2.36. The zero-order valence-electron chi connectivity index (χ0n) is 11.6. The molecule has 18 heavy (non-hydrogen) atoms. The van der Waals surface area contributed by atoms with Crippen molar-refractivity contribution in [2.75, 3.05) is 13.6 Å².